The number of rotatable bonds is 3. The van der Waals surface area contributed by atoms with Gasteiger partial charge in [-0.25, -0.2) is 0 Å². The van der Waals surface area contributed by atoms with E-state index in [9.17, 15) is 9.59 Å². The fourth-order valence-electron chi connectivity index (χ4n) is 1.36. The van der Waals surface area contributed by atoms with Crippen LogP contribution in [0.4, 0.5) is 0 Å². The van der Waals surface area contributed by atoms with Crippen molar-refractivity contribution in [1.29, 1.82) is 0 Å². The lowest BCUT2D eigenvalue weighted by molar-refractivity contribution is -0.127. The monoisotopic (exact) mass is 211 g/mol. The van der Waals surface area contributed by atoms with Gasteiger partial charge in [0.25, 0.3) is 0 Å². The van der Waals surface area contributed by atoms with E-state index in [0.717, 1.165) is 0 Å². The van der Waals surface area contributed by atoms with E-state index in [4.69, 9.17) is 0 Å². The molecule has 1 fully saturated rings. The van der Waals surface area contributed by atoms with Crippen LogP contribution in [0.2, 0.25) is 0 Å². The van der Waals surface area contributed by atoms with Crippen molar-refractivity contribution in [1.82, 2.24) is 0 Å². The molecule has 0 aromatic carbocycles. The zero-order valence-corrected chi connectivity index (χ0v) is 8.97. The van der Waals surface area contributed by atoms with Crippen molar-refractivity contribution in [2.45, 2.75) is 6.92 Å². The highest BCUT2D eigenvalue weighted by molar-refractivity contribution is 8.00. The molecule has 1 aliphatic heterocycles. The van der Waals surface area contributed by atoms with Gasteiger partial charge >= 0.3 is 0 Å². The van der Waals surface area contributed by atoms with E-state index in [-0.39, 0.29) is 11.6 Å². The number of hydrogen-bond acceptors (Lipinski definition) is 4. The van der Waals surface area contributed by atoms with Crippen molar-refractivity contribution >= 4 is 29.0 Å². The Hall–Kier alpha value is -0.900. The molecular weight excluding hydrogens is 198 g/mol. The summed E-state index contributed by atoms with van der Waals surface area (Å²) in [6.45, 7) is 5.74. The largest absolute Gasteiger partial charge is 0.298 e. The molecule has 0 saturated carbocycles. The first-order valence-corrected chi connectivity index (χ1v) is 5.57. The summed E-state index contributed by atoms with van der Waals surface area (Å²) in [5.74, 6) is 0.235. The first-order valence-electron chi connectivity index (χ1n) is 4.42. The molecule has 1 heterocycles. The fraction of sp³-hybridized carbons (Fsp3) is 0.500. The highest BCUT2D eigenvalue weighted by Gasteiger charge is 2.32. The van der Waals surface area contributed by atoms with Crippen LogP contribution < -0.4 is 0 Å². The average molecular weight is 211 g/mol. The molecule has 0 aromatic rings. The lowest BCUT2D eigenvalue weighted by Gasteiger charge is -2.18. The minimum atomic E-state index is -0.587. The molecule has 0 radical (unpaired) electrons. The maximum absolute atomic E-state index is 11.5. The maximum Gasteiger partial charge on any atom is 0.158 e. The van der Waals surface area contributed by atoms with Gasteiger partial charge < -0.3 is 0 Å². The maximum atomic E-state index is 11.5. The Morgan fingerprint density at radius 1 is 1.57 bits per heavy atom. The summed E-state index contributed by atoms with van der Waals surface area (Å²) in [7, 11) is 0. The van der Waals surface area contributed by atoms with Crippen LogP contribution in [0.3, 0.4) is 0 Å². The van der Waals surface area contributed by atoms with Crippen LogP contribution in [0, 0.1) is 5.92 Å². The molecule has 1 rings (SSSR count). The van der Waals surface area contributed by atoms with Crippen molar-refractivity contribution in [3.63, 3.8) is 0 Å². The molecule has 76 valence electrons. The second kappa shape index (κ2) is 5.10. The van der Waals surface area contributed by atoms with E-state index in [2.05, 4.69) is 11.6 Å². The minimum absolute atomic E-state index is 0.0171. The summed E-state index contributed by atoms with van der Waals surface area (Å²) in [5, 5.41) is 0. The summed E-state index contributed by atoms with van der Waals surface area (Å²) in [6, 6.07) is 0. The SMILES string of the molecule is C=CCN=C(C)C1C(=O)CSCC1=O. The predicted molar refractivity (Wildman–Crippen MR) is 59.0 cm³/mol. The zero-order valence-electron chi connectivity index (χ0n) is 8.16. The first kappa shape index (κ1) is 11.2. The van der Waals surface area contributed by atoms with Gasteiger partial charge in [0.2, 0.25) is 0 Å². The molecule has 4 heteroatoms. The number of carbonyl (C=O) groups is 2. The lowest BCUT2D eigenvalue weighted by atomic mass is 9.95. The molecule has 0 atom stereocenters. The highest BCUT2D eigenvalue weighted by atomic mass is 32.2. The lowest BCUT2D eigenvalue weighted by Crippen LogP contribution is -2.37. The van der Waals surface area contributed by atoms with E-state index < -0.39 is 5.92 Å². The Bertz CT molecular complexity index is 280. The first-order chi connectivity index (χ1) is 6.66. The average Bonchev–Trinajstić information content (AvgIpc) is 2.14. The van der Waals surface area contributed by atoms with E-state index >= 15 is 0 Å². The summed E-state index contributed by atoms with van der Waals surface area (Å²) in [5.41, 5.74) is 0.625. The number of Topliss-reactive ketones (excluding diaryl/α,β-unsaturated/α-hetero) is 2. The Balaban J connectivity index is 2.77. The molecule has 1 saturated heterocycles. The van der Waals surface area contributed by atoms with Crippen LogP contribution >= 0.6 is 11.8 Å². The number of thioether (sulfide) groups is 1. The second-order valence-corrected chi connectivity index (χ2v) is 4.11. The number of nitrogens with zero attached hydrogens (tertiary/aromatic N) is 1. The van der Waals surface area contributed by atoms with Crippen molar-refractivity contribution < 1.29 is 9.59 Å². The molecule has 0 N–H and O–H groups in total. The summed E-state index contributed by atoms with van der Waals surface area (Å²) in [4.78, 5) is 27.0. The Kier molecular flexibility index (Phi) is 4.07. The Labute approximate surface area is 87.7 Å². The van der Waals surface area contributed by atoms with Crippen molar-refractivity contribution in [2.24, 2.45) is 10.9 Å². The quantitative estimate of drug-likeness (QED) is 0.399. The summed E-state index contributed by atoms with van der Waals surface area (Å²) < 4.78 is 0. The third kappa shape index (κ3) is 2.54. The second-order valence-electron chi connectivity index (χ2n) is 3.13. The molecule has 0 unspecified atom stereocenters. The molecule has 1 aliphatic rings. The molecule has 0 spiro atoms. The van der Waals surface area contributed by atoms with Crippen LogP contribution in [0.5, 0.6) is 0 Å². The van der Waals surface area contributed by atoms with Gasteiger partial charge in [0.05, 0.1) is 18.1 Å². The van der Waals surface area contributed by atoms with Gasteiger partial charge in [0, 0.05) is 5.71 Å². The normalized spacial score (nSPS) is 19.9. The topological polar surface area (TPSA) is 46.5 Å². The van der Waals surface area contributed by atoms with Gasteiger partial charge in [-0.15, -0.1) is 18.3 Å². The molecule has 0 amide bonds. The summed E-state index contributed by atoms with van der Waals surface area (Å²) >= 11 is 1.38. The van der Waals surface area contributed by atoms with Gasteiger partial charge in [0.1, 0.15) is 5.92 Å². The molecule has 0 aliphatic carbocycles. The molecular formula is C10H13NO2S. The van der Waals surface area contributed by atoms with Gasteiger partial charge in [-0.05, 0) is 6.92 Å². The van der Waals surface area contributed by atoms with Crippen LogP contribution in [-0.4, -0.2) is 35.3 Å². The number of hydrogen-bond donors (Lipinski definition) is 0. The van der Waals surface area contributed by atoms with Crippen molar-refractivity contribution in [3.05, 3.63) is 12.7 Å². The number of aliphatic imine (C=N–C) groups is 1. The van der Waals surface area contributed by atoms with Crippen LogP contribution in [0.15, 0.2) is 17.6 Å². The van der Waals surface area contributed by atoms with E-state index in [1.54, 1.807) is 13.0 Å². The molecule has 0 bridgehead atoms. The van der Waals surface area contributed by atoms with Crippen molar-refractivity contribution in [2.75, 3.05) is 18.1 Å². The zero-order chi connectivity index (χ0) is 10.6. The number of carbonyl (C=O) groups excluding carboxylic acids is 2. The van der Waals surface area contributed by atoms with Gasteiger partial charge in [-0.1, -0.05) is 6.08 Å². The summed E-state index contributed by atoms with van der Waals surface area (Å²) in [6.07, 6.45) is 1.65. The van der Waals surface area contributed by atoms with Gasteiger partial charge in [-0.2, -0.15) is 0 Å². The smallest absolute Gasteiger partial charge is 0.158 e. The third-order valence-electron chi connectivity index (χ3n) is 2.02. The van der Waals surface area contributed by atoms with Gasteiger partial charge in [-0.3, -0.25) is 14.6 Å². The van der Waals surface area contributed by atoms with E-state index in [1.165, 1.54) is 11.8 Å². The van der Waals surface area contributed by atoms with Gasteiger partial charge in [0.15, 0.2) is 11.6 Å². The van der Waals surface area contributed by atoms with Crippen LogP contribution in [0.1, 0.15) is 6.92 Å². The van der Waals surface area contributed by atoms with E-state index in [0.29, 0.717) is 23.8 Å². The Morgan fingerprint density at radius 3 is 2.64 bits per heavy atom. The van der Waals surface area contributed by atoms with E-state index in [1.807, 2.05) is 0 Å². The number of ketones is 2. The molecule has 0 aromatic heterocycles. The molecule has 3 nitrogen and oxygen atoms in total. The van der Waals surface area contributed by atoms with Crippen LogP contribution in [-0.2, 0) is 9.59 Å². The van der Waals surface area contributed by atoms with Crippen molar-refractivity contribution in [3.8, 4) is 0 Å². The standard InChI is InChI=1S/C10H13NO2S/c1-3-4-11-7(2)10-8(12)5-14-6-9(10)13/h3,10H,1,4-6H2,2H3. The molecule has 14 heavy (non-hydrogen) atoms. The fourth-order valence-corrected chi connectivity index (χ4v) is 2.20. The minimum Gasteiger partial charge on any atom is -0.298 e. The van der Waals surface area contributed by atoms with Crippen LogP contribution in [0.25, 0.3) is 0 Å². The third-order valence-corrected chi connectivity index (χ3v) is 3.00. The Morgan fingerprint density at radius 2 is 2.14 bits per heavy atom. The predicted octanol–water partition coefficient (Wildman–Crippen LogP) is 1.13. The highest BCUT2D eigenvalue weighted by Crippen LogP contribution is 2.18.